The molecule has 0 fully saturated rings. The summed E-state index contributed by atoms with van der Waals surface area (Å²) in [5.74, 6) is 2.58. The highest BCUT2D eigenvalue weighted by Crippen LogP contribution is 2.18. The third kappa shape index (κ3) is 9.23. The Bertz CT molecular complexity index is 780. The van der Waals surface area contributed by atoms with Crippen LogP contribution in [0.15, 0.2) is 86.2 Å². The molecule has 0 radical (unpaired) electrons. The summed E-state index contributed by atoms with van der Waals surface area (Å²) < 4.78 is 20.8. The molecule has 3 aromatic carbocycles. The Hall–Kier alpha value is -1.54. The van der Waals surface area contributed by atoms with Gasteiger partial charge in [-0.2, -0.15) is 0 Å². The highest BCUT2D eigenvalue weighted by atomic mass is 79.9. The molecular formula is C24H24Br3NO3. The summed E-state index contributed by atoms with van der Waals surface area (Å²) in [5.41, 5.74) is 0. The molecule has 3 aromatic rings. The van der Waals surface area contributed by atoms with Gasteiger partial charge in [0.25, 0.3) is 0 Å². The Morgan fingerprint density at radius 2 is 0.710 bits per heavy atom. The Balaban J connectivity index is 1.47. The molecule has 0 aliphatic rings. The van der Waals surface area contributed by atoms with Crippen molar-refractivity contribution in [2.75, 3.05) is 39.5 Å². The molecule has 0 N–H and O–H groups in total. The van der Waals surface area contributed by atoms with E-state index >= 15 is 0 Å². The summed E-state index contributed by atoms with van der Waals surface area (Å²) in [4.78, 5) is 2.29. The lowest BCUT2D eigenvalue weighted by molar-refractivity contribution is 0.153. The number of ether oxygens (including phenoxy) is 3. The fourth-order valence-corrected chi connectivity index (χ4v) is 3.60. The third-order valence-corrected chi connectivity index (χ3v) is 6.06. The molecule has 0 aromatic heterocycles. The first kappa shape index (κ1) is 24.1. The zero-order valence-corrected chi connectivity index (χ0v) is 21.7. The first-order valence-corrected chi connectivity index (χ1v) is 12.3. The molecular weight excluding hydrogens is 590 g/mol. The molecule has 0 saturated heterocycles. The van der Waals surface area contributed by atoms with Crippen molar-refractivity contribution in [1.29, 1.82) is 0 Å². The van der Waals surface area contributed by atoms with Gasteiger partial charge in [-0.1, -0.05) is 47.8 Å². The smallest absolute Gasteiger partial charge is 0.119 e. The predicted molar refractivity (Wildman–Crippen MR) is 135 cm³/mol. The van der Waals surface area contributed by atoms with Crippen LogP contribution < -0.4 is 14.2 Å². The Labute approximate surface area is 208 Å². The second-order valence-electron chi connectivity index (χ2n) is 6.75. The highest BCUT2D eigenvalue weighted by Gasteiger charge is 2.07. The first-order chi connectivity index (χ1) is 15.1. The Kier molecular flexibility index (Phi) is 10.2. The van der Waals surface area contributed by atoms with Gasteiger partial charge in [-0.3, -0.25) is 4.90 Å². The summed E-state index contributed by atoms with van der Waals surface area (Å²) in [6.45, 7) is 4.13. The van der Waals surface area contributed by atoms with Gasteiger partial charge in [-0.25, -0.2) is 0 Å². The van der Waals surface area contributed by atoms with Crippen LogP contribution in [0.5, 0.6) is 17.2 Å². The number of benzene rings is 3. The maximum absolute atomic E-state index is 5.89. The number of nitrogens with zero attached hydrogens (tertiary/aromatic N) is 1. The number of halogens is 3. The van der Waals surface area contributed by atoms with Crippen molar-refractivity contribution in [1.82, 2.24) is 4.90 Å². The van der Waals surface area contributed by atoms with Gasteiger partial charge in [0.1, 0.15) is 37.1 Å². The van der Waals surface area contributed by atoms with Crippen molar-refractivity contribution in [2.24, 2.45) is 0 Å². The van der Waals surface area contributed by atoms with Crippen LogP contribution in [0, 0.1) is 0 Å². The van der Waals surface area contributed by atoms with E-state index in [0.717, 1.165) is 50.3 Å². The number of hydrogen-bond donors (Lipinski definition) is 0. The summed E-state index contributed by atoms with van der Waals surface area (Å²) in [6, 6.07) is 23.6. The van der Waals surface area contributed by atoms with Gasteiger partial charge >= 0.3 is 0 Å². The highest BCUT2D eigenvalue weighted by molar-refractivity contribution is 9.11. The topological polar surface area (TPSA) is 30.9 Å². The average molecular weight is 614 g/mol. The van der Waals surface area contributed by atoms with Gasteiger partial charge in [0.2, 0.25) is 0 Å². The van der Waals surface area contributed by atoms with Crippen LogP contribution >= 0.6 is 47.8 Å². The third-order valence-electron chi connectivity index (χ3n) is 4.47. The van der Waals surface area contributed by atoms with E-state index in [1.54, 1.807) is 0 Å². The van der Waals surface area contributed by atoms with Gasteiger partial charge in [0.05, 0.1) is 0 Å². The molecule has 3 rings (SSSR count). The molecule has 0 atom stereocenters. The average Bonchev–Trinajstić information content (AvgIpc) is 2.77. The predicted octanol–water partition coefficient (Wildman–Crippen LogP) is 6.81. The monoisotopic (exact) mass is 611 g/mol. The first-order valence-electron chi connectivity index (χ1n) is 9.96. The minimum atomic E-state index is 0.595. The maximum atomic E-state index is 5.89. The molecule has 0 saturated carbocycles. The van der Waals surface area contributed by atoms with E-state index in [9.17, 15) is 0 Å². The zero-order chi connectivity index (χ0) is 21.9. The van der Waals surface area contributed by atoms with Gasteiger partial charge in [-0.05, 0) is 72.8 Å². The van der Waals surface area contributed by atoms with Crippen LogP contribution in [0.1, 0.15) is 0 Å². The molecule has 7 heteroatoms. The van der Waals surface area contributed by atoms with E-state index in [-0.39, 0.29) is 0 Å². The maximum Gasteiger partial charge on any atom is 0.119 e. The molecule has 0 bridgehead atoms. The minimum Gasteiger partial charge on any atom is -0.492 e. The summed E-state index contributed by atoms with van der Waals surface area (Å²) in [6.07, 6.45) is 0. The second-order valence-corrected chi connectivity index (χ2v) is 9.50. The molecule has 0 spiro atoms. The van der Waals surface area contributed by atoms with Crippen LogP contribution in [0.2, 0.25) is 0 Å². The van der Waals surface area contributed by atoms with Gasteiger partial charge < -0.3 is 14.2 Å². The van der Waals surface area contributed by atoms with Crippen molar-refractivity contribution in [3.05, 3.63) is 86.2 Å². The van der Waals surface area contributed by atoms with E-state index in [1.165, 1.54) is 0 Å². The molecule has 0 unspecified atom stereocenters. The van der Waals surface area contributed by atoms with Gasteiger partial charge in [0, 0.05) is 33.1 Å². The summed E-state index contributed by atoms with van der Waals surface area (Å²) >= 11 is 10.3. The minimum absolute atomic E-state index is 0.595. The molecule has 4 nitrogen and oxygen atoms in total. The lowest BCUT2D eigenvalue weighted by atomic mass is 10.3. The van der Waals surface area contributed by atoms with Crippen molar-refractivity contribution in [3.8, 4) is 17.2 Å². The van der Waals surface area contributed by atoms with E-state index < -0.39 is 0 Å². The van der Waals surface area contributed by atoms with E-state index in [4.69, 9.17) is 14.2 Å². The quantitative estimate of drug-likeness (QED) is 0.225. The standard InChI is InChI=1S/C24H24Br3NO3/c25-19-1-7-22(8-2-19)29-16-13-28(14-17-30-23-9-3-20(26)4-10-23)15-18-31-24-11-5-21(27)6-12-24/h1-12H,13-18H2. The molecule has 0 aliphatic carbocycles. The molecule has 164 valence electrons. The number of hydrogen-bond acceptors (Lipinski definition) is 4. The normalized spacial score (nSPS) is 10.8. The second kappa shape index (κ2) is 13.1. The summed E-state index contributed by atoms with van der Waals surface area (Å²) in [5, 5.41) is 0. The van der Waals surface area contributed by atoms with Crippen LogP contribution in [-0.2, 0) is 0 Å². The van der Waals surface area contributed by atoms with Crippen LogP contribution in [-0.4, -0.2) is 44.4 Å². The van der Waals surface area contributed by atoms with E-state index in [1.807, 2.05) is 72.8 Å². The van der Waals surface area contributed by atoms with Gasteiger partial charge in [-0.15, -0.1) is 0 Å². The molecule has 0 heterocycles. The molecule has 0 amide bonds. The van der Waals surface area contributed by atoms with Crippen molar-refractivity contribution in [2.45, 2.75) is 0 Å². The lowest BCUT2D eigenvalue weighted by Crippen LogP contribution is -2.35. The SMILES string of the molecule is Brc1ccc(OCCN(CCOc2ccc(Br)cc2)CCOc2ccc(Br)cc2)cc1. The Morgan fingerprint density at radius 3 is 0.968 bits per heavy atom. The molecule has 0 aliphatic heterocycles. The van der Waals surface area contributed by atoms with E-state index in [0.29, 0.717) is 19.8 Å². The van der Waals surface area contributed by atoms with E-state index in [2.05, 4.69) is 52.7 Å². The summed E-state index contributed by atoms with van der Waals surface area (Å²) in [7, 11) is 0. The van der Waals surface area contributed by atoms with Crippen molar-refractivity contribution >= 4 is 47.8 Å². The van der Waals surface area contributed by atoms with Crippen molar-refractivity contribution < 1.29 is 14.2 Å². The number of rotatable bonds is 12. The zero-order valence-electron chi connectivity index (χ0n) is 17.0. The lowest BCUT2D eigenvalue weighted by Gasteiger charge is -2.22. The largest absolute Gasteiger partial charge is 0.492 e. The molecule has 31 heavy (non-hydrogen) atoms. The van der Waals surface area contributed by atoms with Crippen LogP contribution in [0.3, 0.4) is 0 Å². The fourth-order valence-electron chi connectivity index (χ4n) is 2.81. The van der Waals surface area contributed by atoms with Crippen molar-refractivity contribution in [3.63, 3.8) is 0 Å². The fraction of sp³-hybridized carbons (Fsp3) is 0.250. The Morgan fingerprint density at radius 1 is 0.452 bits per heavy atom. The van der Waals surface area contributed by atoms with Gasteiger partial charge in [0.15, 0.2) is 0 Å². The van der Waals surface area contributed by atoms with Crippen LogP contribution in [0.25, 0.3) is 0 Å². The van der Waals surface area contributed by atoms with Crippen LogP contribution in [0.4, 0.5) is 0 Å².